The van der Waals surface area contributed by atoms with Crippen LogP contribution in [-0.4, -0.2) is 28.3 Å². The molecule has 2 N–H and O–H groups in total. The van der Waals surface area contributed by atoms with Gasteiger partial charge in [-0.3, -0.25) is 14.9 Å². The summed E-state index contributed by atoms with van der Waals surface area (Å²) in [5, 5.41) is 26.5. The summed E-state index contributed by atoms with van der Waals surface area (Å²) >= 11 is 3.04. The van der Waals surface area contributed by atoms with Crippen molar-refractivity contribution in [1.82, 2.24) is 5.43 Å². The molecule has 0 aromatic heterocycles. The van der Waals surface area contributed by atoms with Gasteiger partial charge in [-0.15, -0.1) is 0 Å². The Morgan fingerprint density at radius 2 is 2.00 bits per heavy atom. The number of carbonyl (C=O) groups excluding carboxylic acids is 1. The Hall–Kier alpha value is -3.46. The Labute approximate surface area is 174 Å². The van der Waals surface area contributed by atoms with E-state index in [9.17, 15) is 20.0 Å². The van der Waals surface area contributed by atoms with Crippen LogP contribution in [0.2, 0.25) is 0 Å². The summed E-state index contributed by atoms with van der Waals surface area (Å²) in [6, 6.07) is 15.5. The van der Waals surface area contributed by atoms with Gasteiger partial charge in [0.25, 0.3) is 11.6 Å². The van der Waals surface area contributed by atoms with Crippen LogP contribution in [0, 0.1) is 10.1 Å². The third-order valence-corrected chi connectivity index (χ3v) is 4.69. The molecule has 0 heterocycles. The second kappa shape index (κ2) is 8.70. The molecule has 0 fully saturated rings. The van der Waals surface area contributed by atoms with E-state index in [-0.39, 0.29) is 21.5 Å². The number of hydrogen-bond acceptors (Lipinski definition) is 6. The van der Waals surface area contributed by atoms with E-state index < -0.39 is 16.9 Å². The number of fused-ring (bicyclic) bond motifs is 1. The molecule has 1 atom stereocenters. The van der Waals surface area contributed by atoms with Crippen LogP contribution in [-0.2, 0) is 4.79 Å². The maximum absolute atomic E-state index is 12.3. The number of benzene rings is 3. The Kier molecular flexibility index (Phi) is 6.08. The van der Waals surface area contributed by atoms with Gasteiger partial charge in [-0.1, -0.05) is 36.4 Å². The van der Waals surface area contributed by atoms with Crippen molar-refractivity contribution in [1.29, 1.82) is 0 Å². The summed E-state index contributed by atoms with van der Waals surface area (Å²) in [6.07, 6.45) is 0.277. The molecule has 0 spiro atoms. The molecule has 0 radical (unpaired) electrons. The van der Waals surface area contributed by atoms with Crippen LogP contribution >= 0.6 is 15.9 Å². The molecule has 9 heteroatoms. The lowest BCUT2D eigenvalue weighted by molar-refractivity contribution is -0.385. The van der Waals surface area contributed by atoms with Crippen molar-refractivity contribution < 1.29 is 19.6 Å². The number of phenolic OH excluding ortho intramolecular Hbond substituents is 1. The number of non-ortho nitro benzene ring substituents is 1. The van der Waals surface area contributed by atoms with Crippen LogP contribution < -0.4 is 10.2 Å². The number of amides is 1. The number of hydrazone groups is 1. The SMILES string of the molecule is C[C@@H](Oc1cccc2ccccc12)C(=O)N/N=C\c1cc([N+](=O)[O-])cc(Br)c1O. The average molecular weight is 458 g/mol. The Bertz CT molecular complexity index is 1110. The fraction of sp³-hybridized carbons (Fsp3) is 0.100. The Morgan fingerprint density at radius 1 is 1.28 bits per heavy atom. The number of nitro groups is 1. The number of ether oxygens (including phenoxy) is 1. The van der Waals surface area contributed by atoms with Crippen molar-refractivity contribution >= 4 is 44.5 Å². The van der Waals surface area contributed by atoms with Crippen molar-refractivity contribution in [2.45, 2.75) is 13.0 Å². The fourth-order valence-electron chi connectivity index (χ4n) is 2.61. The monoisotopic (exact) mass is 457 g/mol. The number of nitrogens with one attached hydrogen (secondary N) is 1. The van der Waals surface area contributed by atoms with Gasteiger partial charge in [0.1, 0.15) is 11.5 Å². The highest BCUT2D eigenvalue weighted by molar-refractivity contribution is 9.10. The molecule has 0 unspecified atom stereocenters. The standard InChI is InChI=1S/C20H16BrN3O5/c1-12(29-18-8-4-6-13-5-2-3-7-16(13)18)20(26)23-22-11-14-9-15(24(27)28)10-17(21)19(14)25/h2-12,25H,1H3,(H,23,26)/b22-11-/t12-/m1/s1. The number of nitro benzene ring substituents is 1. The van der Waals surface area contributed by atoms with Crippen LogP contribution in [0.5, 0.6) is 11.5 Å². The minimum Gasteiger partial charge on any atom is -0.506 e. The van der Waals surface area contributed by atoms with E-state index in [0.29, 0.717) is 5.75 Å². The van der Waals surface area contributed by atoms with Gasteiger partial charge in [0.15, 0.2) is 6.10 Å². The Morgan fingerprint density at radius 3 is 2.76 bits per heavy atom. The van der Waals surface area contributed by atoms with Gasteiger partial charge in [0, 0.05) is 23.1 Å². The maximum Gasteiger partial charge on any atom is 0.280 e. The molecule has 0 bridgehead atoms. The van der Waals surface area contributed by atoms with Gasteiger partial charge in [-0.2, -0.15) is 5.10 Å². The van der Waals surface area contributed by atoms with Crippen molar-refractivity contribution in [3.63, 3.8) is 0 Å². The number of rotatable bonds is 6. The molecular formula is C20H16BrN3O5. The van der Waals surface area contributed by atoms with Crippen LogP contribution in [0.3, 0.4) is 0 Å². The normalized spacial score (nSPS) is 12.1. The smallest absolute Gasteiger partial charge is 0.280 e. The zero-order chi connectivity index (χ0) is 21.0. The molecule has 3 aromatic rings. The average Bonchev–Trinajstić information content (AvgIpc) is 2.71. The first-order valence-corrected chi connectivity index (χ1v) is 9.30. The predicted molar refractivity (Wildman–Crippen MR) is 112 cm³/mol. The lowest BCUT2D eigenvalue weighted by Crippen LogP contribution is -2.33. The quantitative estimate of drug-likeness (QED) is 0.328. The largest absolute Gasteiger partial charge is 0.506 e. The molecule has 8 nitrogen and oxygen atoms in total. The van der Waals surface area contributed by atoms with Gasteiger partial charge in [-0.05, 0) is 34.3 Å². The zero-order valence-electron chi connectivity index (χ0n) is 15.2. The van der Waals surface area contributed by atoms with Crippen LogP contribution in [0.4, 0.5) is 5.69 Å². The first-order chi connectivity index (χ1) is 13.9. The zero-order valence-corrected chi connectivity index (χ0v) is 16.8. The molecule has 0 aliphatic heterocycles. The molecule has 148 valence electrons. The Balaban J connectivity index is 1.70. The third-order valence-electron chi connectivity index (χ3n) is 4.09. The summed E-state index contributed by atoms with van der Waals surface area (Å²) in [5.74, 6) is -0.179. The molecular weight excluding hydrogens is 442 g/mol. The second-order valence-corrected chi connectivity index (χ2v) is 6.95. The minimum atomic E-state index is -0.844. The summed E-state index contributed by atoms with van der Waals surface area (Å²) in [5.41, 5.74) is 2.15. The summed E-state index contributed by atoms with van der Waals surface area (Å²) in [4.78, 5) is 22.6. The van der Waals surface area contributed by atoms with Gasteiger partial charge >= 0.3 is 0 Å². The number of halogens is 1. The molecule has 1 amide bonds. The van der Waals surface area contributed by atoms with E-state index in [1.165, 1.54) is 6.07 Å². The summed E-state index contributed by atoms with van der Waals surface area (Å²) < 4.78 is 5.90. The number of hydrogen-bond donors (Lipinski definition) is 2. The molecule has 0 aliphatic rings. The van der Waals surface area contributed by atoms with E-state index in [0.717, 1.165) is 23.1 Å². The van der Waals surface area contributed by atoms with Gasteiger partial charge in [0.2, 0.25) is 0 Å². The first kappa shape index (κ1) is 20.3. The van der Waals surface area contributed by atoms with Crippen molar-refractivity contribution in [3.8, 4) is 11.5 Å². The number of nitrogens with zero attached hydrogens (tertiary/aromatic N) is 2. The molecule has 0 aliphatic carbocycles. The lowest BCUT2D eigenvalue weighted by atomic mass is 10.1. The minimum absolute atomic E-state index is 0.0778. The number of carbonyl (C=O) groups is 1. The first-order valence-electron chi connectivity index (χ1n) is 8.51. The topological polar surface area (TPSA) is 114 Å². The van der Waals surface area contributed by atoms with E-state index in [4.69, 9.17) is 4.74 Å². The van der Waals surface area contributed by atoms with Crippen molar-refractivity contribution in [2.24, 2.45) is 5.10 Å². The highest BCUT2D eigenvalue weighted by Gasteiger charge is 2.16. The van der Waals surface area contributed by atoms with E-state index in [1.54, 1.807) is 13.0 Å². The number of aromatic hydroxyl groups is 1. The molecule has 3 aromatic carbocycles. The van der Waals surface area contributed by atoms with Crippen LogP contribution in [0.25, 0.3) is 10.8 Å². The molecule has 0 saturated carbocycles. The molecule has 29 heavy (non-hydrogen) atoms. The van der Waals surface area contributed by atoms with Crippen LogP contribution in [0.1, 0.15) is 12.5 Å². The van der Waals surface area contributed by atoms with Gasteiger partial charge in [0.05, 0.1) is 15.6 Å². The van der Waals surface area contributed by atoms with E-state index in [2.05, 4.69) is 26.5 Å². The van der Waals surface area contributed by atoms with Gasteiger partial charge < -0.3 is 9.84 Å². The fourth-order valence-corrected chi connectivity index (χ4v) is 3.07. The number of phenols is 1. The van der Waals surface area contributed by atoms with E-state index in [1.807, 2.05) is 36.4 Å². The predicted octanol–water partition coefficient (Wildman–Crippen LogP) is 4.13. The third kappa shape index (κ3) is 4.69. The van der Waals surface area contributed by atoms with Crippen molar-refractivity contribution in [2.75, 3.05) is 0 Å². The molecule has 0 saturated heterocycles. The van der Waals surface area contributed by atoms with E-state index >= 15 is 0 Å². The molecule has 3 rings (SSSR count). The maximum atomic E-state index is 12.3. The van der Waals surface area contributed by atoms with Gasteiger partial charge in [-0.25, -0.2) is 5.43 Å². The highest BCUT2D eigenvalue weighted by Crippen LogP contribution is 2.31. The van der Waals surface area contributed by atoms with Crippen molar-refractivity contribution in [3.05, 3.63) is 74.7 Å². The van der Waals surface area contributed by atoms with Crippen LogP contribution in [0.15, 0.2) is 64.2 Å². The second-order valence-electron chi connectivity index (χ2n) is 6.09. The summed E-state index contributed by atoms with van der Waals surface area (Å²) in [7, 11) is 0. The summed E-state index contributed by atoms with van der Waals surface area (Å²) in [6.45, 7) is 1.58. The highest BCUT2D eigenvalue weighted by atomic mass is 79.9. The lowest BCUT2D eigenvalue weighted by Gasteiger charge is -2.14.